The average molecular weight is 260 g/mol. The molecular weight excluding hydrogens is 238 g/mol. The average Bonchev–Trinajstić information content (AvgIpc) is 2.60. The van der Waals surface area contributed by atoms with Crippen molar-refractivity contribution in [3.63, 3.8) is 0 Å². The number of fused-ring (bicyclic) bond motifs is 2. The molecule has 1 amide bonds. The van der Waals surface area contributed by atoms with Crippen molar-refractivity contribution in [2.45, 2.75) is 31.3 Å². The van der Waals surface area contributed by atoms with Gasteiger partial charge in [-0.1, -0.05) is 6.08 Å². The molecule has 0 saturated carbocycles. The maximum atomic E-state index is 11.6. The summed E-state index contributed by atoms with van der Waals surface area (Å²) in [7, 11) is 0. The Hall–Kier alpha value is -0.580. The van der Waals surface area contributed by atoms with E-state index < -0.39 is 0 Å². The summed E-state index contributed by atoms with van der Waals surface area (Å²) in [6.45, 7) is 6.73. The van der Waals surface area contributed by atoms with Gasteiger partial charge in [0.1, 0.15) is 0 Å². The molecule has 0 aromatic heterocycles. The third kappa shape index (κ3) is 4.30. The molecule has 17 heavy (non-hydrogen) atoms. The zero-order chi connectivity index (χ0) is 11.4. The molecule has 2 saturated heterocycles. The number of nitrogens with one attached hydrogen (secondary N) is 2. The highest BCUT2D eigenvalue weighted by molar-refractivity contribution is 5.85. The first-order valence-corrected chi connectivity index (χ1v) is 6.14. The second kappa shape index (κ2) is 6.99. The summed E-state index contributed by atoms with van der Waals surface area (Å²) in [4.78, 5) is 13.8. The molecule has 2 fully saturated rings. The molecule has 4 nitrogen and oxygen atoms in total. The molecule has 0 aliphatic carbocycles. The van der Waals surface area contributed by atoms with Crippen molar-refractivity contribution in [2.24, 2.45) is 0 Å². The standard InChI is InChI=1S/C12H21N3O.ClH/c1-2-6-13-12(16)9-15-7-5-10-3-4-11(8-15)14-10;/h2,10-11,14H,1,3-9H2,(H,13,16);1H. The fourth-order valence-corrected chi connectivity index (χ4v) is 2.60. The van der Waals surface area contributed by atoms with Gasteiger partial charge < -0.3 is 10.6 Å². The second-order valence-corrected chi connectivity index (χ2v) is 4.75. The van der Waals surface area contributed by atoms with Crippen LogP contribution in [0.3, 0.4) is 0 Å². The van der Waals surface area contributed by atoms with Gasteiger partial charge in [-0.05, 0) is 19.3 Å². The normalized spacial score (nSPS) is 28.0. The summed E-state index contributed by atoms with van der Waals surface area (Å²) in [5.41, 5.74) is 0. The van der Waals surface area contributed by atoms with E-state index in [-0.39, 0.29) is 18.3 Å². The lowest BCUT2D eigenvalue weighted by Crippen LogP contribution is -2.41. The van der Waals surface area contributed by atoms with Crippen molar-refractivity contribution >= 4 is 18.3 Å². The molecule has 2 atom stereocenters. The molecule has 2 unspecified atom stereocenters. The summed E-state index contributed by atoms with van der Waals surface area (Å²) < 4.78 is 0. The zero-order valence-corrected chi connectivity index (χ0v) is 11.0. The fourth-order valence-electron chi connectivity index (χ4n) is 2.60. The molecule has 0 aromatic rings. The maximum Gasteiger partial charge on any atom is 0.234 e. The first-order chi connectivity index (χ1) is 7.78. The Labute approximate surface area is 109 Å². The van der Waals surface area contributed by atoms with Crippen LogP contribution < -0.4 is 10.6 Å². The second-order valence-electron chi connectivity index (χ2n) is 4.75. The minimum Gasteiger partial charge on any atom is -0.352 e. The molecule has 0 aromatic carbocycles. The zero-order valence-electron chi connectivity index (χ0n) is 10.2. The lowest BCUT2D eigenvalue weighted by molar-refractivity contribution is -0.122. The van der Waals surface area contributed by atoms with Gasteiger partial charge in [0.2, 0.25) is 5.91 Å². The minimum atomic E-state index is 0. The lowest BCUT2D eigenvalue weighted by atomic mass is 10.1. The highest BCUT2D eigenvalue weighted by Gasteiger charge is 2.29. The van der Waals surface area contributed by atoms with Gasteiger partial charge in [0, 0.05) is 31.7 Å². The van der Waals surface area contributed by atoms with Crippen LogP contribution in [0.4, 0.5) is 0 Å². The number of rotatable bonds is 4. The molecule has 0 spiro atoms. The van der Waals surface area contributed by atoms with Crippen molar-refractivity contribution in [1.29, 1.82) is 0 Å². The highest BCUT2D eigenvalue weighted by atomic mass is 35.5. The largest absolute Gasteiger partial charge is 0.352 e. The third-order valence-electron chi connectivity index (χ3n) is 3.42. The monoisotopic (exact) mass is 259 g/mol. The molecule has 2 bridgehead atoms. The number of amides is 1. The Morgan fingerprint density at radius 1 is 1.41 bits per heavy atom. The summed E-state index contributed by atoms with van der Waals surface area (Å²) in [5, 5.41) is 6.43. The molecule has 0 radical (unpaired) electrons. The van der Waals surface area contributed by atoms with Gasteiger partial charge in [0.25, 0.3) is 0 Å². The van der Waals surface area contributed by atoms with Crippen LogP contribution >= 0.6 is 12.4 Å². The van der Waals surface area contributed by atoms with Gasteiger partial charge >= 0.3 is 0 Å². The number of carbonyl (C=O) groups is 1. The fraction of sp³-hybridized carbons (Fsp3) is 0.750. The van der Waals surface area contributed by atoms with Gasteiger partial charge in [-0.15, -0.1) is 19.0 Å². The van der Waals surface area contributed by atoms with E-state index in [4.69, 9.17) is 0 Å². The maximum absolute atomic E-state index is 11.6. The predicted octanol–water partition coefficient (Wildman–Crippen LogP) is 0.537. The number of hydrogen-bond donors (Lipinski definition) is 2. The van der Waals surface area contributed by atoms with Crippen LogP contribution in [-0.2, 0) is 4.79 Å². The SMILES string of the molecule is C=CCNC(=O)CN1CCC2CCC(C1)N2.Cl. The van der Waals surface area contributed by atoms with Crippen LogP contribution in [0.5, 0.6) is 0 Å². The van der Waals surface area contributed by atoms with E-state index >= 15 is 0 Å². The lowest BCUT2D eigenvalue weighted by Gasteiger charge is -2.23. The van der Waals surface area contributed by atoms with Crippen molar-refractivity contribution in [3.05, 3.63) is 12.7 Å². The summed E-state index contributed by atoms with van der Waals surface area (Å²) in [5.74, 6) is 0.109. The predicted molar refractivity (Wildman–Crippen MR) is 71.5 cm³/mol. The van der Waals surface area contributed by atoms with Crippen LogP contribution in [0.2, 0.25) is 0 Å². The van der Waals surface area contributed by atoms with Gasteiger partial charge in [-0.2, -0.15) is 0 Å². The Morgan fingerprint density at radius 2 is 2.18 bits per heavy atom. The summed E-state index contributed by atoms with van der Waals surface area (Å²) >= 11 is 0. The Balaban J connectivity index is 0.00000144. The summed E-state index contributed by atoms with van der Waals surface area (Å²) in [6, 6.07) is 1.28. The van der Waals surface area contributed by atoms with Crippen molar-refractivity contribution in [3.8, 4) is 0 Å². The van der Waals surface area contributed by atoms with Crippen molar-refractivity contribution in [1.82, 2.24) is 15.5 Å². The first kappa shape index (κ1) is 14.5. The van der Waals surface area contributed by atoms with Gasteiger partial charge in [-0.25, -0.2) is 0 Å². The molecule has 2 N–H and O–H groups in total. The first-order valence-electron chi connectivity index (χ1n) is 6.14. The van der Waals surface area contributed by atoms with Crippen LogP contribution in [0.25, 0.3) is 0 Å². The summed E-state index contributed by atoms with van der Waals surface area (Å²) in [6.07, 6.45) is 5.45. The quantitative estimate of drug-likeness (QED) is 0.725. The Bertz CT molecular complexity index is 272. The van der Waals surface area contributed by atoms with Gasteiger partial charge in [-0.3, -0.25) is 9.69 Å². The molecule has 2 heterocycles. The van der Waals surface area contributed by atoms with Crippen LogP contribution in [0.15, 0.2) is 12.7 Å². The van der Waals surface area contributed by atoms with Crippen LogP contribution in [0.1, 0.15) is 19.3 Å². The Kier molecular flexibility index (Phi) is 5.95. The van der Waals surface area contributed by atoms with E-state index in [0.29, 0.717) is 25.2 Å². The number of nitrogens with zero attached hydrogens (tertiary/aromatic N) is 1. The molecule has 2 rings (SSSR count). The topological polar surface area (TPSA) is 44.4 Å². The van der Waals surface area contributed by atoms with E-state index in [1.54, 1.807) is 6.08 Å². The van der Waals surface area contributed by atoms with E-state index in [0.717, 1.165) is 13.1 Å². The number of hydrogen-bond acceptors (Lipinski definition) is 3. The molecule has 5 heteroatoms. The highest BCUT2D eigenvalue weighted by Crippen LogP contribution is 2.19. The minimum absolute atomic E-state index is 0. The van der Waals surface area contributed by atoms with E-state index in [9.17, 15) is 4.79 Å². The van der Waals surface area contributed by atoms with E-state index in [1.165, 1.54) is 19.3 Å². The Morgan fingerprint density at radius 3 is 2.94 bits per heavy atom. The molecule has 98 valence electrons. The van der Waals surface area contributed by atoms with Gasteiger partial charge in [0.15, 0.2) is 0 Å². The smallest absolute Gasteiger partial charge is 0.234 e. The molecule has 2 aliphatic rings. The molecule has 2 aliphatic heterocycles. The van der Waals surface area contributed by atoms with E-state index in [2.05, 4.69) is 22.1 Å². The number of halogens is 1. The number of carbonyl (C=O) groups excluding carboxylic acids is 1. The van der Waals surface area contributed by atoms with Crippen LogP contribution in [0, 0.1) is 0 Å². The van der Waals surface area contributed by atoms with E-state index in [1.807, 2.05) is 0 Å². The number of likely N-dealkylation sites (tertiary alicyclic amines) is 1. The third-order valence-corrected chi connectivity index (χ3v) is 3.42. The molecular formula is C12H22ClN3O. The van der Waals surface area contributed by atoms with Crippen LogP contribution in [-0.4, -0.2) is 49.1 Å². The van der Waals surface area contributed by atoms with Crippen molar-refractivity contribution in [2.75, 3.05) is 26.2 Å². The van der Waals surface area contributed by atoms with Crippen molar-refractivity contribution < 1.29 is 4.79 Å². The van der Waals surface area contributed by atoms with Gasteiger partial charge in [0.05, 0.1) is 6.54 Å².